The quantitative estimate of drug-likeness (QED) is 0.660. The van der Waals surface area contributed by atoms with E-state index in [0.29, 0.717) is 17.7 Å². The van der Waals surface area contributed by atoms with Crippen LogP contribution < -0.4 is 5.73 Å². The van der Waals surface area contributed by atoms with Crippen molar-refractivity contribution in [3.63, 3.8) is 0 Å². The molecule has 1 aromatic heterocycles. The maximum Gasteiger partial charge on any atom is 0.146 e. The molecule has 0 fully saturated rings. The van der Waals surface area contributed by atoms with Gasteiger partial charge in [0.1, 0.15) is 5.82 Å². The third-order valence-corrected chi connectivity index (χ3v) is 2.90. The molecule has 3 heteroatoms. The monoisotopic (exact) mass is 177 g/mol. The summed E-state index contributed by atoms with van der Waals surface area (Å²) in [4.78, 5) is 0. The fourth-order valence-corrected chi connectivity index (χ4v) is 2.00. The molecule has 70 valence electrons. The molecule has 0 saturated heterocycles. The number of nitrogens with zero attached hydrogens (tertiary/aromatic N) is 2. The molecule has 2 N–H and O–H groups in total. The van der Waals surface area contributed by atoms with Crippen LogP contribution >= 0.6 is 0 Å². The van der Waals surface area contributed by atoms with Crippen molar-refractivity contribution < 1.29 is 0 Å². The summed E-state index contributed by atoms with van der Waals surface area (Å²) in [5.74, 6) is 1.67. The van der Waals surface area contributed by atoms with Crippen LogP contribution in [0.5, 0.6) is 0 Å². The smallest absolute Gasteiger partial charge is 0.146 e. The molecule has 0 spiro atoms. The highest BCUT2D eigenvalue weighted by molar-refractivity contribution is 5.37. The third-order valence-electron chi connectivity index (χ3n) is 2.90. The molecular formula is C10H15N3. The van der Waals surface area contributed by atoms with Gasteiger partial charge in [0.05, 0.1) is 5.69 Å². The predicted molar refractivity (Wildman–Crippen MR) is 52.5 cm³/mol. The second-order valence-corrected chi connectivity index (χ2v) is 3.99. The Kier molecular flexibility index (Phi) is 1.94. The summed E-state index contributed by atoms with van der Waals surface area (Å²) in [6.45, 7) is 4.43. The van der Waals surface area contributed by atoms with Gasteiger partial charge < -0.3 is 5.73 Å². The zero-order valence-electron chi connectivity index (χ0n) is 8.12. The lowest BCUT2D eigenvalue weighted by molar-refractivity contribution is 0.508. The van der Waals surface area contributed by atoms with Crippen LogP contribution in [-0.4, -0.2) is 10.2 Å². The Morgan fingerprint density at radius 2 is 1.92 bits per heavy atom. The largest absolute Gasteiger partial charge is 0.382 e. The van der Waals surface area contributed by atoms with Crippen LogP contribution in [0, 0.1) is 0 Å². The number of hydrogen-bond donors (Lipinski definition) is 1. The van der Waals surface area contributed by atoms with Gasteiger partial charge >= 0.3 is 0 Å². The first kappa shape index (κ1) is 8.48. The molecule has 1 aromatic rings. The fourth-order valence-electron chi connectivity index (χ4n) is 2.00. The number of nitrogens with two attached hydrogens (primary N) is 1. The molecule has 0 bridgehead atoms. The van der Waals surface area contributed by atoms with Gasteiger partial charge in [-0.2, -0.15) is 5.10 Å². The number of hydrogen-bond acceptors (Lipinski definition) is 3. The van der Waals surface area contributed by atoms with E-state index in [-0.39, 0.29) is 0 Å². The van der Waals surface area contributed by atoms with Gasteiger partial charge in [-0.3, -0.25) is 0 Å². The summed E-state index contributed by atoms with van der Waals surface area (Å²) < 4.78 is 0. The minimum Gasteiger partial charge on any atom is -0.382 e. The number of fused-ring (bicyclic) bond motifs is 1. The van der Waals surface area contributed by atoms with Crippen LogP contribution in [0.3, 0.4) is 0 Å². The van der Waals surface area contributed by atoms with Gasteiger partial charge in [-0.05, 0) is 30.4 Å². The van der Waals surface area contributed by atoms with Crippen molar-refractivity contribution in [3.8, 4) is 0 Å². The van der Waals surface area contributed by atoms with Gasteiger partial charge in [-0.1, -0.05) is 13.8 Å². The fraction of sp³-hybridized carbons (Fsp3) is 0.600. The van der Waals surface area contributed by atoms with Gasteiger partial charge in [-0.15, -0.1) is 5.10 Å². The molecule has 2 unspecified atom stereocenters. The van der Waals surface area contributed by atoms with Crippen molar-refractivity contribution >= 4 is 5.82 Å². The van der Waals surface area contributed by atoms with E-state index >= 15 is 0 Å². The summed E-state index contributed by atoms with van der Waals surface area (Å²) in [6, 6.07) is 1.97. The van der Waals surface area contributed by atoms with Gasteiger partial charge in [0.2, 0.25) is 0 Å². The van der Waals surface area contributed by atoms with Crippen molar-refractivity contribution in [2.24, 2.45) is 0 Å². The summed E-state index contributed by atoms with van der Waals surface area (Å²) in [5, 5.41) is 8.08. The second-order valence-electron chi connectivity index (χ2n) is 3.99. The highest BCUT2D eigenvalue weighted by Gasteiger charge is 2.23. The van der Waals surface area contributed by atoms with Crippen LogP contribution in [0.25, 0.3) is 0 Å². The molecule has 13 heavy (non-hydrogen) atoms. The maximum atomic E-state index is 5.62. The Balaban J connectivity index is 2.50. The molecule has 0 saturated carbocycles. The Hall–Kier alpha value is -1.12. The molecule has 0 amide bonds. The van der Waals surface area contributed by atoms with E-state index in [1.54, 1.807) is 0 Å². The van der Waals surface area contributed by atoms with Crippen molar-refractivity contribution in [3.05, 3.63) is 17.3 Å². The molecule has 0 aliphatic heterocycles. The molecule has 0 radical (unpaired) electrons. The van der Waals surface area contributed by atoms with E-state index in [9.17, 15) is 0 Å². The lowest BCUT2D eigenvalue weighted by Crippen LogP contribution is -2.14. The van der Waals surface area contributed by atoms with E-state index in [0.717, 1.165) is 5.69 Å². The van der Waals surface area contributed by atoms with Crippen molar-refractivity contribution in [1.29, 1.82) is 0 Å². The highest BCUT2D eigenvalue weighted by atomic mass is 15.1. The number of aromatic nitrogens is 2. The topological polar surface area (TPSA) is 51.8 Å². The van der Waals surface area contributed by atoms with Crippen LogP contribution in [0.15, 0.2) is 6.07 Å². The standard InChI is InChI=1S/C10H15N3/c1-6-3-4-7(2)10-8(6)5-9(11)12-13-10/h5-7H,3-4H2,1-2H3,(H2,11,12). The Morgan fingerprint density at radius 3 is 2.69 bits per heavy atom. The molecular weight excluding hydrogens is 162 g/mol. The summed E-state index contributed by atoms with van der Waals surface area (Å²) in [5.41, 5.74) is 8.06. The van der Waals surface area contributed by atoms with Crippen LogP contribution in [0.4, 0.5) is 5.82 Å². The van der Waals surface area contributed by atoms with Crippen molar-refractivity contribution in [2.75, 3.05) is 5.73 Å². The minimum absolute atomic E-state index is 0.541. The second kappa shape index (κ2) is 2.98. The third kappa shape index (κ3) is 1.39. The molecule has 1 heterocycles. The van der Waals surface area contributed by atoms with Crippen molar-refractivity contribution in [1.82, 2.24) is 10.2 Å². The minimum atomic E-state index is 0.541. The number of nitrogen functional groups attached to an aromatic ring is 1. The Labute approximate surface area is 78.4 Å². The summed E-state index contributed by atoms with van der Waals surface area (Å²) in [7, 11) is 0. The van der Waals surface area contributed by atoms with Gasteiger partial charge in [-0.25, -0.2) is 0 Å². The predicted octanol–water partition coefficient (Wildman–Crippen LogP) is 2.06. The van der Waals surface area contributed by atoms with Crippen LogP contribution in [0.2, 0.25) is 0 Å². The normalized spacial score (nSPS) is 26.9. The molecule has 3 nitrogen and oxygen atoms in total. The lowest BCUT2D eigenvalue weighted by Gasteiger charge is -2.25. The highest BCUT2D eigenvalue weighted by Crippen LogP contribution is 2.36. The van der Waals surface area contributed by atoms with Gasteiger partial charge in [0, 0.05) is 5.92 Å². The first-order valence-corrected chi connectivity index (χ1v) is 4.81. The SMILES string of the molecule is CC1CCC(C)c2nnc(N)cc21. The molecule has 0 aromatic carbocycles. The number of rotatable bonds is 0. The Bertz CT molecular complexity index is 322. The van der Waals surface area contributed by atoms with Crippen molar-refractivity contribution in [2.45, 2.75) is 38.5 Å². The summed E-state index contributed by atoms with van der Waals surface area (Å²) in [6.07, 6.45) is 2.45. The lowest BCUT2D eigenvalue weighted by atomic mass is 9.82. The van der Waals surface area contributed by atoms with Crippen LogP contribution in [0.1, 0.15) is 49.8 Å². The van der Waals surface area contributed by atoms with E-state index in [4.69, 9.17) is 5.73 Å². The van der Waals surface area contributed by atoms with Crippen LogP contribution in [-0.2, 0) is 0 Å². The first-order valence-electron chi connectivity index (χ1n) is 4.81. The van der Waals surface area contributed by atoms with E-state index in [2.05, 4.69) is 24.0 Å². The first-order chi connectivity index (χ1) is 6.18. The average Bonchev–Trinajstić information content (AvgIpc) is 2.12. The average molecular weight is 177 g/mol. The molecule has 2 atom stereocenters. The van der Waals surface area contributed by atoms with E-state index < -0.39 is 0 Å². The number of anilines is 1. The van der Waals surface area contributed by atoms with E-state index in [1.165, 1.54) is 18.4 Å². The van der Waals surface area contributed by atoms with Gasteiger partial charge in [0.15, 0.2) is 0 Å². The van der Waals surface area contributed by atoms with Gasteiger partial charge in [0.25, 0.3) is 0 Å². The maximum absolute atomic E-state index is 5.62. The summed E-state index contributed by atoms with van der Waals surface area (Å²) >= 11 is 0. The zero-order chi connectivity index (χ0) is 9.42. The molecule has 2 rings (SSSR count). The zero-order valence-corrected chi connectivity index (χ0v) is 8.12. The Morgan fingerprint density at radius 1 is 1.23 bits per heavy atom. The molecule has 1 aliphatic carbocycles. The molecule has 1 aliphatic rings. The van der Waals surface area contributed by atoms with E-state index in [1.807, 2.05) is 6.07 Å².